The largest absolute Gasteiger partial charge is 0.342 e. The van der Waals surface area contributed by atoms with Crippen LogP contribution in [0.5, 0.6) is 0 Å². The molecule has 0 amide bonds. The van der Waals surface area contributed by atoms with E-state index in [1.807, 2.05) is 0 Å². The van der Waals surface area contributed by atoms with E-state index in [1.165, 1.54) is 24.3 Å². The van der Waals surface area contributed by atoms with Crippen LogP contribution in [0.2, 0.25) is 0 Å². The second-order valence-corrected chi connectivity index (χ2v) is 4.28. The third-order valence-corrected chi connectivity index (χ3v) is 2.84. The van der Waals surface area contributed by atoms with Crippen LogP contribution in [0, 0.1) is 11.6 Å². The van der Waals surface area contributed by atoms with Crippen molar-refractivity contribution in [3.05, 3.63) is 71.3 Å². The number of halogens is 2. The fraction of sp³-hybridized carbons (Fsp3) is 0.200. The van der Waals surface area contributed by atoms with Gasteiger partial charge in [0.2, 0.25) is 0 Å². The molecule has 0 unspecified atom stereocenters. The lowest BCUT2D eigenvalue weighted by Gasteiger charge is -2.02. The summed E-state index contributed by atoms with van der Waals surface area (Å²) in [5.74, 6) is -0.404. The molecule has 0 fully saturated rings. The first-order valence-electron chi connectivity index (χ1n) is 6.04. The van der Waals surface area contributed by atoms with E-state index >= 15 is 0 Å². The van der Waals surface area contributed by atoms with E-state index in [0.29, 0.717) is 0 Å². The summed E-state index contributed by atoms with van der Waals surface area (Å²) in [7, 11) is 0. The average Bonchev–Trinajstić information content (AvgIpc) is 2.39. The summed E-state index contributed by atoms with van der Waals surface area (Å²) >= 11 is 0. The van der Waals surface area contributed by atoms with Gasteiger partial charge in [0.1, 0.15) is 18.2 Å². The van der Waals surface area contributed by atoms with Crippen LogP contribution in [0.1, 0.15) is 11.1 Å². The molecule has 1 nitrogen and oxygen atoms in total. The van der Waals surface area contributed by atoms with Gasteiger partial charge in [-0.05, 0) is 29.8 Å². The lowest BCUT2D eigenvalue weighted by Crippen LogP contribution is -2.83. The number of nitrogens with two attached hydrogens (primary N) is 1. The molecule has 94 valence electrons. The van der Waals surface area contributed by atoms with Crippen molar-refractivity contribution in [3.63, 3.8) is 0 Å². The molecule has 0 atom stereocenters. The molecule has 0 spiro atoms. The molecule has 18 heavy (non-hydrogen) atoms. The standard InChI is InChI=1S/C15H15F2N/c16-14-5-1-12(2-6-14)9-10-18-11-13-3-7-15(17)8-4-13/h1-8,18H,9-11H2/p+1. The minimum Gasteiger partial charge on any atom is -0.342 e. The summed E-state index contributed by atoms with van der Waals surface area (Å²) in [6.07, 6.45) is 0.904. The second kappa shape index (κ2) is 6.26. The summed E-state index contributed by atoms with van der Waals surface area (Å²) in [6, 6.07) is 13.1. The smallest absolute Gasteiger partial charge is 0.123 e. The molecule has 0 heterocycles. The van der Waals surface area contributed by atoms with Crippen molar-refractivity contribution in [3.8, 4) is 0 Å². The monoisotopic (exact) mass is 248 g/mol. The Hall–Kier alpha value is -1.74. The number of benzene rings is 2. The molecule has 2 N–H and O–H groups in total. The Bertz CT molecular complexity index is 429. The maximum atomic E-state index is 12.7. The van der Waals surface area contributed by atoms with Crippen molar-refractivity contribution in [2.75, 3.05) is 6.54 Å². The van der Waals surface area contributed by atoms with E-state index in [1.54, 1.807) is 24.3 Å². The highest BCUT2D eigenvalue weighted by molar-refractivity contribution is 5.16. The van der Waals surface area contributed by atoms with Crippen molar-refractivity contribution in [1.29, 1.82) is 0 Å². The van der Waals surface area contributed by atoms with Gasteiger partial charge in [-0.1, -0.05) is 24.3 Å². The Morgan fingerprint density at radius 3 is 1.78 bits per heavy atom. The molecule has 0 aliphatic carbocycles. The molecule has 2 aromatic carbocycles. The SMILES string of the molecule is Fc1ccc(CC[NH2+]Cc2ccc(F)cc2)cc1. The molecule has 0 aliphatic rings. The van der Waals surface area contributed by atoms with Gasteiger partial charge in [-0.2, -0.15) is 0 Å². The predicted octanol–water partition coefficient (Wildman–Crippen LogP) is 2.27. The first-order valence-corrected chi connectivity index (χ1v) is 6.04. The van der Waals surface area contributed by atoms with Gasteiger partial charge in [0, 0.05) is 12.0 Å². The predicted molar refractivity (Wildman–Crippen MR) is 67.0 cm³/mol. The molecule has 3 heteroatoms. The van der Waals surface area contributed by atoms with Gasteiger partial charge < -0.3 is 5.32 Å². The van der Waals surface area contributed by atoms with Gasteiger partial charge in [0.15, 0.2) is 0 Å². The molecule has 0 bridgehead atoms. The zero-order valence-electron chi connectivity index (χ0n) is 10.1. The average molecular weight is 248 g/mol. The van der Waals surface area contributed by atoms with Crippen LogP contribution < -0.4 is 5.32 Å². The number of rotatable bonds is 5. The van der Waals surface area contributed by atoms with Crippen LogP contribution in [0.4, 0.5) is 8.78 Å². The Balaban J connectivity index is 1.73. The Morgan fingerprint density at radius 2 is 1.22 bits per heavy atom. The van der Waals surface area contributed by atoms with Crippen LogP contribution in [-0.2, 0) is 13.0 Å². The molecule has 0 saturated carbocycles. The van der Waals surface area contributed by atoms with Gasteiger partial charge >= 0.3 is 0 Å². The highest BCUT2D eigenvalue weighted by atomic mass is 19.1. The Morgan fingerprint density at radius 1 is 0.722 bits per heavy atom. The normalized spacial score (nSPS) is 10.6. The lowest BCUT2D eigenvalue weighted by atomic mass is 10.1. The third-order valence-electron chi connectivity index (χ3n) is 2.84. The van der Waals surface area contributed by atoms with E-state index in [0.717, 1.165) is 30.6 Å². The van der Waals surface area contributed by atoms with E-state index in [9.17, 15) is 8.78 Å². The summed E-state index contributed by atoms with van der Waals surface area (Å²) < 4.78 is 25.4. The van der Waals surface area contributed by atoms with Crippen molar-refractivity contribution >= 4 is 0 Å². The summed E-state index contributed by atoms with van der Waals surface area (Å²) in [5, 5.41) is 2.16. The van der Waals surface area contributed by atoms with Crippen molar-refractivity contribution in [1.82, 2.24) is 0 Å². The Labute approximate surface area is 105 Å². The van der Waals surface area contributed by atoms with Crippen LogP contribution in [0.3, 0.4) is 0 Å². The minimum absolute atomic E-state index is 0.200. The van der Waals surface area contributed by atoms with Crippen LogP contribution in [-0.4, -0.2) is 6.54 Å². The van der Waals surface area contributed by atoms with Gasteiger partial charge in [0.25, 0.3) is 0 Å². The zero-order chi connectivity index (χ0) is 12.8. The van der Waals surface area contributed by atoms with Crippen LogP contribution in [0.25, 0.3) is 0 Å². The molecular formula is C15H16F2N+. The number of hydrogen-bond acceptors (Lipinski definition) is 0. The van der Waals surface area contributed by atoms with Gasteiger partial charge in [-0.25, -0.2) is 8.78 Å². The molecule has 0 aromatic heterocycles. The first-order chi connectivity index (χ1) is 8.74. The number of quaternary nitrogens is 1. The maximum absolute atomic E-state index is 12.7. The third kappa shape index (κ3) is 3.93. The summed E-state index contributed by atoms with van der Waals surface area (Å²) in [5.41, 5.74) is 2.24. The van der Waals surface area contributed by atoms with E-state index in [4.69, 9.17) is 0 Å². The van der Waals surface area contributed by atoms with Crippen molar-refractivity contribution < 1.29 is 14.1 Å². The zero-order valence-corrected chi connectivity index (χ0v) is 10.1. The fourth-order valence-corrected chi connectivity index (χ4v) is 1.81. The van der Waals surface area contributed by atoms with E-state index < -0.39 is 0 Å². The molecule has 0 saturated heterocycles. The van der Waals surface area contributed by atoms with E-state index in [2.05, 4.69) is 5.32 Å². The molecule has 2 aromatic rings. The maximum Gasteiger partial charge on any atom is 0.123 e. The fourth-order valence-electron chi connectivity index (χ4n) is 1.81. The number of hydrogen-bond donors (Lipinski definition) is 1. The van der Waals surface area contributed by atoms with Gasteiger partial charge in [-0.15, -0.1) is 0 Å². The molecule has 0 radical (unpaired) electrons. The second-order valence-electron chi connectivity index (χ2n) is 4.28. The van der Waals surface area contributed by atoms with Gasteiger partial charge in [0.05, 0.1) is 6.54 Å². The lowest BCUT2D eigenvalue weighted by molar-refractivity contribution is -0.670. The minimum atomic E-state index is -0.204. The molecule has 0 aliphatic heterocycles. The molecular weight excluding hydrogens is 232 g/mol. The molecule has 2 rings (SSSR count). The van der Waals surface area contributed by atoms with Crippen LogP contribution in [0.15, 0.2) is 48.5 Å². The highest BCUT2D eigenvalue weighted by Gasteiger charge is 1.98. The summed E-state index contributed by atoms with van der Waals surface area (Å²) in [6.45, 7) is 1.77. The highest BCUT2D eigenvalue weighted by Crippen LogP contribution is 2.02. The quantitative estimate of drug-likeness (QED) is 0.782. The first kappa shape index (κ1) is 12.7. The van der Waals surface area contributed by atoms with Crippen molar-refractivity contribution in [2.24, 2.45) is 0 Å². The van der Waals surface area contributed by atoms with Crippen LogP contribution >= 0.6 is 0 Å². The topological polar surface area (TPSA) is 16.6 Å². The summed E-state index contributed by atoms with van der Waals surface area (Å²) in [4.78, 5) is 0. The van der Waals surface area contributed by atoms with Gasteiger partial charge in [-0.3, -0.25) is 0 Å². The van der Waals surface area contributed by atoms with E-state index in [-0.39, 0.29) is 11.6 Å². The van der Waals surface area contributed by atoms with Crippen molar-refractivity contribution in [2.45, 2.75) is 13.0 Å². The Kier molecular flexibility index (Phi) is 4.42.